The first-order valence-electron chi connectivity index (χ1n) is 9.31. The minimum absolute atomic E-state index is 0.0722. The van der Waals surface area contributed by atoms with E-state index in [1.54, 1.807) is 12.1 Å². The van der Waals surface area contributed by atoms with Gasteiger partial charge in [-0.2, -0.15) is 0 Å². The normalized spacial score (nSPS) is 22.5. The Morgan fingerprint density at radius 3 is 2.96 bits per heavy atom. The van der Waals surface area contributed by atoms with E-state index in [2.05, 4.69) is 0 Å². The van der Waals surface area contributed by atoms with Gasteiger partial charge in [-0.15, -0.1) is 0 Å². The summed E-state index contributed by atoms with van der Waals surface area (Å²) in [5.74, 6) is 0.261. The molecule has 27 heavy (non-hydrogen) atoms. The highest BCUT2D eigenvalue weighted by atomic mass is 35.5. The van der Waals surface area contributed by atoms with E-state index in [9.17, 15) is 9.59 Å². The number of amides is 1. The Bertz CT molecular complexity index is 922. The number of hydrogen-bond acceptors (Lipinski definition) is 5. The van der Waals surface area contributed by atoms with Crippen molar-refractivity contribution in [2.24, 2.45) is 0 Å². The fourth-order valence-corrected chi connectivity index (χ4v) is 4.28. The predicted octanol–water partition coefficient (Wildman–Crippen LogP) is 3.30. The van der Waals surface area contributed by atoms with Crippen molar-refractivity contribution in [3.63, 3.8) is 0 Å². The Morgan fingerprint density at radius 2 is 2.11 bits per heavy atom. The van der Waals surface area contributed by atoms with Crippen molar-refractivity contribution in [3.05, 3.63) is 39.2 Å². The van der Waals surface area contributed by atoms with Crippen LogP contribution in [-0.4, -0.2) is 42.7 Å². The third kappa shape index (κ3) is 3.69. The molecule has 2 atom stereocenters. The number of benzene rings is 1. The topological polar surface area (TPSA) is 69.0 Å². The van der Waals surface area contributed by atoms with E-state index >= 15 is 0 Å². The molecule has 6 nitrogen and oxygen atoms in total. The van der Waals surface area contributed by atoms with E-state index in [1.165, 1.54) is 6.07 Å². The molecular weight excluding hydrogens is 370 g/mol. The van der Waals surface area contributed by atoms with E-state index in [4.69, 9.17) is 25.5 Å². The van der Waals surface area contributed by atoms with Gasteiger partial charge in [-0.3, -0.25) is 4.79 Å². The van der Waals surface area contributed by atoms with E-state index < -0.39 is 5.63 Å². The Balaban J connectivity index is 1.50. The summed E-state index contributed by atoms with van der Waals surface area (Å²) in [6, 6.07) is 4.82. The van der Waals surface area contributed by atoms with Crippen molar-refractivity contribution in [1.29, 1.82) is 0 Å². The monoisotopic (exact) mass is 391 g/mol. The van der Waals surface area contributed by atoms with Gasteiger partial charge in [-0.1, -0.05) is 24.4 Å². The summed E-state index contributed by atoms with van der Waals surface area (Å²) in [6.07, 6.45) is 4.38. The number of hydrogen-bond donors (Lipinski definition) is 0. The lowest BCUT2D eigenvalue weighted by molar-refractivity contribution is -0.151. The molecule has 0 bridgehead atoms. The summed E-state index contributed by atoms with van der Waals surface area (Å²) in [5.41, 5.74) is 0.744. The molecule has 1 saturated carbocycles. The van der Waals surface area contributed by atoms with Gasteiger partial charge < -0.3 is 18.8 Å². The molecule has 1 saturated heterocycles. The van der Waals surface area contributed by atoms with E-state index in [0.717, 1.165) is 36.6 Å². The van der Waals surface area contributed by atoms with Crippen molar-refractivity contribution in [3.8, 4) is 5.75 Å². The molecule has 0 N–H and O–H groups in total. The number of halogens is 1. The fourth-order valence-electron chi connectivity index (χ4n) is 4.06. The number of nitrogens with zero attached hydrogens (tertiary/aromatic N) is 1. The molecule has 0 radical (unpaired) electrons. The maximum absolute atomic E-state index is 12.7. The summed E-state index contributed by atoms with van der Waals surface area (Å²) in [6.45, 7) is 2.86. The Kier molecular flexibility index (Phi) is 5.10. The molecule has 0 unspecified atom stereocenters. The van der Waals surface area contributed by atoms with Gasteiger partial charge in [0.15, 0.2) is 6.61 Å². The molecule has 1 aliphatic heterocycles. The largest absolute Gasteiger partial charge is 0.482 e. The van der Waals surface area contributed by atoms with Gasteiger partial charge in [0.2, 0.25) is 0 Å². The molecule has 144 valence electrons. The first-order valence-corrected chi connectivity index (χ1v) is 9.68. The van der Waals surface area contributed by atoms with E-state index in [-0.39, 0.29) is 24.7 Å². The minimum atomic E-state index is -0.430. The number of rotatable bonds is 3. The van der Waals surface area contributed by atoms with Crippen LogP contribution in [0.5, 0.6) is 5.75 Å². The summed E-state index contributed by atoms with van der Waals surface area (Å²) in [5, 5.41) is 1.13. The molecular formula is C20H22ClNO5. The van der Waals surface area contributed by atoms with Crippen LogP contribution in [-0.2, 0) is 9.53 Å². The van der Waals surface area contributed by atoms with Crippen molar-refractivity contribution in [2.45, 2.75) is 44.8 Å². The molecule has 2 heterocycles. The molecule has 1 aromatic carbocycles. The van der Waals surface area contributed by atoms with Crippen LogP contribution in [0.3, 0.4) is 0 Å². The standard InChI is InChI=1S/C20H22ClNO5/c1-12-8-20(24)27-17-10-18(14(21)9-13(12)17)26-11-19(23)22-6-7-25-16-5-3-2-4-15(16)22/h8-10,15-16H,2-7,11H2,1H3/t15-,16+/m0/s1. The zero-order valence-electron chi connectivity index (χ0n) is 15.2. The minimum Gasteiger partial charge on any atom is -0.482 e. The second kappa shape index (κ2) is 7.52. The van der Waals surface area contributed by atoms with E-state index in [0.29, 0.717) is 29.5 Å². The Morgan fingerprint density at radius 1 is 1.30 bits per heavy atom. The van der Waals surface area contributed by atoms with Gasteiger partial charge >= 0.3 is 5.63 Å². The number of fused-ring (bicyclic) bond motifs is 2. The molecule has 4 rings (SSSR count). The summed E-state index contributed by atoms with van der Waals surface area (Å²) in [7, 11) is 0. The molecule has 2 aliphatic rings. The third-order valence-electron chi connectivity index (χ3n) is 5.41. The number of carbonyl (C=O) groups is 1. The Labute approximate surface area is 162 Å². The van der Waals surface area contributed by atoms with Crippen molar-refractivity contribution in [1.82, 2.24) is 4.90 Å². The Hall–Kier alpha value is -2.05. The van der Waals surface area contributed by atoms with Crippen LogP contribution < -0.4 is 10.4 Å². The van der Waals surface area contributed by atoms with Crippen molar-refractivity contribution in [2.75, 3.05) is 19.8 Å². The number of aryl methyl sites for hydroxylation is 1. The van der Waals surface area contributed by atoms with Crippen LogP contribution in [0.4, 0.5) is 0 Å². The summed E-state index contributed by atoms with van der Waals surface area (Å²) < 4.78 is 16.7. The molecule has 7 heteroatoms. The van der Waals surface area contributed by atoms with Crippen LogP contribution >= 0.6 is 11.6 Å². The summed E-state index contributed by atoms with van der Waals surface area (Å²) >= 11 is 6.31. The van der Waals surface area contributed by atoms with Gasteiger partial charge in [0.05, 0.1) is 23.8 Å². The van der Waals surface area contributed by atoms with Gasteiger partial charge in [0.25, 0.3) is 5.91 Å². The van der Waals surface area contributed by atoms with Crippen LogP contribution in [0.25, 0.3) is 11.0 Å². The zero-order valence-corrected chi connectivity index (χ0v) is 16.0. The second-order valence-electron chi connectivity index (χ2n) is 7.16. The molecule has 1 aromatic heterocycles. The van der Waals surface area contributed by atoms with Gasteiger partial charge in [-0.25, -0.2) is 4.79 Å². The number of ether oxygens (including phenoxy) is 2. The maximum atomic E-state index is 12.7. The lowest BCUT2D eigenvalue weighted by atomic mass is 9.90. The molecule has 0 spiro atoms. The highest BCUT2D eigenvalue weighted by Crippen LogP contribution is 2.32. The van der Waals surface area contributed by atoms with Gasteiger partial charge in [0, 0.05) is 24.1 Å². The fraction of sp³-hybridized carbons (Fsp3) is 0.500. The molecule has 1 amide bonds. The van der Waals surface area contributed by atoms with E-state index in [1.807, 2.05) is 11.8 Å². The first-order chi connectivity index (χ1) is 13.0. The average molecular weight is 392 g/mol. The smallest absolute Gasteiger partial charge is 0.336 e. The number of morpholine rings is 1. The van der Waals surface area contributed by atoms with Crippen LogP contribution in [0.2, 0.25) is 5.02 Å². The lowest BCUT2D eigenvalue weighted by Crippen LogP contribution is -2.55. The third-order valence-corrected chi connectivity index (χ3v) is 5.70. The first kappa shape index (κ1) is 18.3. The second-order valence-corrected chi connectivity index (χ2v) is 7.57. The highest BCUT2D eigenvalue weighted by Gasteiger charge is 2.36. The average Bonchev–Trinajstić information content (AvgIpc) is 2.66. The SMILES string of the molecule is Cc1cc(=O)oc2cc(OCC(=O)N3CCO[C@@H]4CCCC[C@@H]43)c(Cl)cc12. The van der Waals surface area contributed by atoms with Gasteiger partial charge in [-0.05, 0) is 31.4 Å². The maximum Gasteiger partial charge on any atom is 0.336 e. The molecule has 1 aliphatic carbocycles. The van der Waals surface area contributed by atoms with Crippen molar-refractivity contribution < 1.29 is 18.7 Å². The number of carbonyl (C=O) groups excluding carboxylic acids is 1. The van der Waals surface area contributed by atoms with Crippen molar-refractivity contribution >= 4 is 28.5 Å². The summed E-state index contributed by atoms with van der Waals surface area (Å²) in [4.78, 5) is 26.2. The molecule has 2 aromatic rings. The van der Waals surface area contributed by atoms with Crippen LogP contribution in [0.15, 0.2) is 27.4 Å². The highest BCUT2D eigenvalue weighted by molar-refractivity contribution is 6.32. The van der Waals surface area contributed by atoms with Gasteiger partial charge in [0.1, 0.15) is 11.3 Å². The predicted molar refractivity (Wildman–Crippen MR) is 101 cm³/mol. The van der Waals surface area contributed by atoms with Crippen LogP contribution in [0.1, 0.15) is 31.2 Å². The molecule has 2 fully saturated rings. The zero-order chi connectivity index (χ0) is 19.0. The lowest BCUT2D eigenvalue weighted by Gasteiger charge is -2.43. The quantitative estimate of drug-likeness (QED) is 0.751. The van der Waals surface area contributed by atoms with Crippen LogP contribution in [0, 0.1) is 6.92 Å².